The predicted molar refractivity (Wildman–Crippen MR) is 78.5 cm³/mol. The van der Waals surface area contributed by atoms with Gasteiger partial charge in [-0.1, -0.05) is 35.3 Å². The molecule has 2 rings (SSSR count). The zero-order chi connectivity index (χ0) is 14.5. The molecule has 0 bridgehead atoms. The van der Waals surface area contributed by atoms with E-state index in [1.165, 1.54) is 6.07 Å². The van der Waals surface area contributed by atoms with Gasteiger partial charge in [0.05, 0.1) is 12.7 Å². The summed E-state index contributed by atoms with van der Waals surface area (Å²) in [4.78, 5) is 0. The number of nitrogens with zero attached hydrogens (tertiary/aromatic N) is 1. The van der Waals surface area contributed by atoms with Gasteiger partial charge < -0.3 is 9.47 Å². The number of methoxy groups -OCH3 is 1. The fourth-order valence-corrected chi connectivity index (χ4v) is 2.05. The number of ether oxygens (including phenoxy) is 2. The second-order valence-corrected chi connectivity index (χ2v) is 4.83. The molecule has 0 saturated heterocycles. The van der Waals surface area contributed by atoms with Crippen molar-refractivity contribution in [2.24, 2.45) is 0 Å². The van der Waals surface area contributed by atoms with E-state index >= 15 is 0 Å². The topological polar surface area (TPSA) is 42.2 Å². The van der Waals surface area contributed by atoms with Gasteiger partial charge in [-0.05, 0) is 23.8 Å². The van der Waals surface area contributed by atoms with Crippen LogP contribution < -0.4 is 9.47 Å². The predicted octanol–water partition coefficient (Wildman–Crippen LogP) is 4.45. The van der Waals surface area contributed by atoms with Gasteiger partial charge in [0, 0.05) is 11.1 Å². The van der Waals surface area contributed by atoms with E-state index in [4.69, 9.17) is 37.9 Å². The summed E-state index contributed by atoms with van der Waals surface area (Å²) in [5.74, 6) is 1.17. The summed E-state index contributed by atoms with van der Waals surface area (Å²) in [6.45, 7) is 0.328. The summed E-state index contributed by atoms with van der Waals surface area (Å²) in [6, 6.07) is 12.5. The highest BCUT2D eigenvalue weighted by atomic mass is 35.5. The van der Waals surface area contributed by atoms with Gasteiger partial charge in [0.2, 0.25) is 0 Å². The van der Waals surface area contributed by atoms with Gasteiger partial charge in [-0.15, -0.1) is 0 Å². The van der Waals surface area contributed by atoms with Crippen LogP contribution in [0.1, 0.15) is 11.1 Å². The Hall–Kier alpha value is -1.89. The SMILES string of the molecule is COc1ccc(COc2cc(Cl)cc(C#N)c2Cl)cc1. The third-order valence-corrected chi connectivity index (χ3v) is 3.29. The number of hydrogen-bond acceptors (Lipinski definition) is 3. The minimum absolute atomic E-state index is 0.269. The first-order valence-electron chi connectivity index (χ1n) is 5.79. The summed E-state index contributed by atoms with van der Waals surface area (Å²) < 4.78 is 10.7. The molecule has 20 heavy (non-hydrogen) atoms. The Morgan fingerprint density at radius 3 is 2.45 bits per heavy atom. The lowest BCUT2D eigenvalue weighted by Crippen LogP contribution is -1.97. The molecule has 2 aromatic rings. The van der Waals surface area contributed by atoms with Crippen LogP contribution >= 0.6 is 23.2 Å². The molecule has 0 fully saturated rings. The molecule has 0 N–H and O–H groups in total. The summed E-state index contributed by atoms with van der Waals surface area (Å²) in [6.07, 6.45) is 0. The first kappa shape index (κ1) is 14.5. The summed E-state index contributed by atoms with van der Waals surface area (Å²) in [7, 11) is 1.61. The lowest BCUT2D eigenvalue weighted by molar-refractivity contribution is 0.306. The van der Waals surface area contributed by atoms with E-state index in [9.17, 15) is 0 Å². The van der Waals surface area contributed by atoms with Gasteiger partial charge in [0.15, 0.2) is 0 Å². The third kappa shape index (κ3) is 3.36. The molecule has 2 aromatic carbocycles. The van der Waals surface area contributed by atoms with Crippen LogP contribution in [0.25, 0.3) is 0 Å². The van der Waals surface area contributed by atoms with Crippen LogP contribution in [-0.2, 0) is 6.61 Å². The van der Waals surface area contributed by atoms with Crippen molar-refractivity contribution < 1.29 is 9.47 Å². The molecule has 5 heteroatoms. The third-order valence-electron chi connectivity index (χ3n) is 2.68. The Bertz CT molecular complexity index is 648. The van der Waals surface area contributed by atoms with Crippen molar-refractivity contribution in [2.75, 3.05) is 7.11 Å². The van der Waals surface area contributed by atoms with Gasteiger partial charge in [-0.2, -0.15) is 5.26 Å². The van der Waals surface area contributed by atoms with Crippen molar-refractivity contribution in [1.82, 2.24) is 0 Å². The number of rotatable bonds is 4. The molecule has 0 unspecified atom stereocenters. The zero-order valence-electron chi connectivity index (χ0n) is 10.7. The number of halogens is 2. The van der Waals surface area contributed by atoms with Gasteiger partial charge in [0.1, 0.15) is 29.2 Å². The highest BCUT2D eigenvalue weighted by Gasteiger charge is 2.09. The van der Waals surface area contributed by atoms with E-state index in [1.807, 2.05) is 30.3 Å². The van der Waals surface area contributed by atoms with Crippen LogP contribution in [0.3, 0.4) is 0 Å². The van der Waals surface area contributed by atoms with Crippen LogP contribution in [-0.4, -0.2) is 7.11 Å². The molecular formula is C15H11Cl2NO2. The number of nitriles is 1. The fraction of sp³-hybridized carbons (Fsp3) is 0.133. The van der Waals surface area contributed by atoms with E-state index in [-0.39, 0.29) is 5.02 Å². The normalized spacial score (nSPS) is 9.90. The van der Waals surface area contributed by atoms with Crippen molar-refractivity contribution in [3.05, 3.63) is 57.6 Å². The molecule has 0 aliphatic rings. The smallest absolute Gasteiger partial charge is 0.141 e. The van der Waals surface area contributed by atoms with Crippen LogP contribution in [0.2, 0.25) is 10.0 Å². The molecule has 0 amide bonds. The van der Waals surface area contributed by atoms with Crippen LogP contribution in [0.5, 0.6) is 11.5 Å². The molecule has 0 saturated carbocycles. The highest BCUT2D eigenvalue weighted by Crippen LogP contribution is 2.32. The average molecular weight is 308 g/mol. The Kier molecular flexibility index (Phi) is 4.73. The second kappa shape index (κ2) is 6.51. The van der Waals surface area contributed by atoms with E-state index in [2.05, 4.69) is 0 Å². The molecule has 0 aliphatic carbocycles. The Balaban J connectivity index is 2.14. The fourth-order valence-electron chi connectivity index (χ4n) is 1.63. The van der Waals surface area contributed by atoms with Gasteiger partial charge in [-0.3, -0.25) is 0 Å². The molecule has 3 nitrogen and oxygen atoms in total. The summed E-state index contributed by atoms with van der Waals surface area (Å²) >= 11 is 12.0. The van der Waals surface area contributed by atoms with Crippen molar-refractivity contribution in [1.29, 1.82) is 5.26 Å². The lowest BCUT2D eigenvalue weighted by atomic mass is 10.2. The van der Waals surface area contributed by atoms with E-state index in [1.54, 1.807) is 13.2 Å². The minimum Gasteiger partial charge on any atom is -0.497 e. The van der Waals surface area contributed by atoms with Crippen molar-refractivity contribution in [2.45, 2.75) is 6.61 Å². The Morgan fingerprint density at radius 2 is 1.85 bits per heavy atom. The maximum Gasteiger partial charge on any atom is 0.141 e. The van der Waals surface area contributed by atoms with Gasteiger partial charge in [0.25, 0.3) is 0 Å². The number of hydrogen-bond donors (Lipinski definition) is 0. The van der Waals surface area contributed by atoms with Gasteiger partial charge >= 0.3 is 0 Å². The van der Waals surface area contributed by atoms with E-state index in [0.717, 1.165) is 11.3 Å². The Morgan fingerprint density at radius 1 is 1.15 bits per heavy atom. The molecule has 102 valence electrons. The quantitative estimate of drug-likeness (QED) is 0.838. The molecule has 0 heterocycles. The monoisotopic (exact) mass is 307 g/mol. The highest BCUT2D eigenvalue weighted by molar-refractivity contribution is 6.35. The average Bonchev–Trinajstić information content (AvgIpc) is 2.48. The standard InChI is InChI=1S/C15H11Cl2NO2/c1-19-13-4-2-10(3-5-13)9-20-14-7-12(16)6-11(8-18)15(14)17/h2-7H,9H2,1H3. The van der Waals surface area contributed by atoms with Gasteiger partial charge in [-0.25, -0.2) is 0 Å². The van der Waals surface area contributed by atoms with Crippen molar-refractivity contribution in [3.63, 3.8) is 0 Å². The van der Waals surface area contributed by atoms with E-state index < -0.39 is 0 Å². The lowest BCUT2D eigenvalue weighted by Gasteiger charge is -2.10. The first-order chi connectivity index (χ1) is 9.63. The molecule has 0 radical (unpaired) electrons. The van der Waals surface area contributed by atoms with E-state index in [0.29, 0.717) is 22.9 Å². The second-order valence-electron chi connectivity index (χ2n) is 4.01. The summed E-state index contributed by atoms with van der Waals surface area (Å²) in [5.41, 5.74) is 1.25. The molecule has 0 atom stereocenters. The minimum atomic E-state index is 0.269. The molecular weight excluding hydrogens is 297 g/mol. The first-order valence-corrected chi connectivity index (χ1v) is 6.54. The molecule has 0 aromatic heterocycles. The van der Waals surface area contributed by atoms with Crippen LogP contribution in [0.4, 0.5) is 0 Å². The van der Waals surface area contributed by atoms with Crippen molar-refractivity contribution in [3.8, 4) is 17.6 Å². The molecule has 0 aliphatic heterocycles. The molecule has 0 spiro atoms. The maximum absolute atomic E-state index is 8.95. The summed E-state index contributed by atoms with van der Waals surface area (Å²) in [5, 5.41) is 9.63. The van der Waals surface area contributed by atoms with Crippen LogP contribution in [0.15, 0.2) is 36.4 Å². The van der Waals surface area contributed by atoms with Crippen molar-refractivity contribution >= 4 is 23.2 Å². The number of benzene rings is 2. The zero-order valence-corrected chi connectivity index (χ0v) is 12.2. The largest absolute Gasteiger partial charge is 0.497 e. The Labute approximate surface area is 127 Å². The maximum atomic E-state index is 8.95. The van der Waals surface area contributed by atoms with Crippen LogP contribution in [0, 0.1) is 11.3 Å².